The van der Waals surface area contributed by atoms with Crippen molar-refractivity contribution in [3.05, 3.63) is 52.0 Å². The Morgan fingerprint density at radius 1 is 1.53 bits per heavy atom. The Hall–Kier alpha value is -1.62. The van der Waals surface area contributed by atoms with Crippen LogP contribution in [0.2, 0.25) is 0 Å². The van der Waals surface area contributed by atoms with Gasteiger partial charge in [-0.25, -0.2) is 0 Å². The smallest absolute Gasteiger partial charge is 0.268 e. The third kappa shape index (κ3) is 3.17. The summed E-state index contributed by atoms with van der Waals surface area (Å²) < 4.78 is 0.858. The minimum Gasteiger partial charge on any atom is -0.356 e. The number of nitrogens with one attached hydrogen (secondary N) is 2. The van der Waals surface area contributed by atoms with Gasteiger partial charge in [-0.3, -0.25) is 9.78 Å². The van der Waals surface area contributed by atoms with E-state index in [1.54, 1.807) is 12.3 Å². The quantitative estimate of drug-likeness (QED) is 0.913. The molecule has 0 aliphatic carbocycles. The maximum atomic E-state index is 11.7. The van der Waals surface area contributed by atoms with Crippen LogP contribution < -0.4 is 5.32 Å². The van der Waals surface area contributed by atoms with Crippen molar-refractivity contribution in [2.45, 2.75) is 13.5 Å². The van der Waals surface area contributed by atoms with Crippen molar-refractivity contribution >= 4 is 21.8 Å². The minimum absolute atomic E-state index is 0.140. The molecule has 17 heavy (non-hydrogen) atoms. The molecule has 0 saturated heterocycles. The van der Waals surface area contributed by atoms with Crippen LogP contribution in [0.4, 0.5) is 0 Å². The SMILES string of the molecule is Cc1cccc(CNC(=O)c2cc(Br)c[nH]2)n1. The number of halogens is 1. The Morgan fingerprint density at radius 3 is 3.00 bits per heavy atom. The highest BCUT2D eigenvalue weighted by atomic mass is 79.9. The summed E-state index contributed by atoms with van der Waals surface area (Å²) in [5.41, 5.74) is 2.33. The van der Waals surface area contributed by atoms with Gasteiger partial charge >= 0.3 is 0 Å². The Bertz CT molecular complexity index is 536. The van der Waals surface area contributed by atoms with Gasteiger partial charge in [-0.15, -0.1) is 0 Å². The molecule has 0 spiro atoms. The van der Waals surface area contributed by atoms with Crippen molar-refractivity contribution in [1.82, 2.24) is 15.3 Å². The van der Waals surface area contributed by atoms with E-state index in [9.17, 15) is 4.79 Å². The lowest BCUT2D eigenvalue weighted by Crippen LogP contribution is -2.23. The molecule has 0 aliphatic heterocycles. The van der Waals surface area contributed by atoms with Crippen molar-refractivity contribution in [2.24, 2.45) is 0 Å². The van der Waals surface area contributed by atoms with E-state index in [1.807, 2.05) is 25.1 Å². The fourth-order valence-corrected chi connectivity index (χ4v) is 1.81. The molecule has 88 valence electrons. The number of aromatic amines is 1. The maximum Gasteiger partial charge on any atom is 0.268 e. The monoisotopic (exact) mass is 293 g/mol. The molecular weight excluding hydrogens is 282 g/mol. The highest BCUT2D eigenvalue weighted by Crippen LogP contribution is 2.10. The molecule has 0 bridgehead atoms. The van der Waals surface area contributed by atoms with E-state index < -0.39 is 0 Å². The van der Waals surface area contributed by atoms with Gasteiger partial charge in [0.2, 0.25) is 0 Å². The van der Waals surface area contributed by atoms with Crippen molar-refractivity contribution in [3.8, 4) is 0 Å². The summed E-state index contributed by atoms with van der Waals surface area (Å²) in [4.78, 5) is 18.9. The molecule has 2 heterocycles. The maximum absolute atomic E-state index is 11.7. The molecule has 2 rings (SSSR count). The Kier molecular flexibility index (Phi) is 3.58. The molecule has 2 aromatic rings. The van der Waals surface area contributed by atoms with Crippen molar-refractivity contribution in [1.29, 1.82) is 0 Å². The van der Waals surface area contributed by atoms with Crippen LogP contribution in [0.5, 0.6) is 0 Å². The number of carbonyl (C=O) groups excluding carboxylic acids is 1. The first kappa shape index (κ1) is 11.9. The second-order valence-corrected chi connectivity index (χ2v) is 4.60. The first-order valence-corrected chi connectivity index (χ1v) is 5.99. The number of carbonyl (C=O) groups is 1. The van der Waals surface area contributed by atoms with Crippen LogP contribution in [0.25, 0.3) is 0 Å². The summed E-state index contributed by atoms with van der Waals surface area (Å²) in [5, 5.41) is 2.80. The number of aryl methyl sites for hydroxylation is 1. The summed E-state index contributed by atoms with van der Waals surface area (Å²) in [5.74, 6) is -0.140. The molecule has 0 radical (unpaired) electrons. The molecule has 4 nitrogen and oxygen atoms in total. The van der Waals surface area contributed by atoms with Gasteiger partial charge in [0.05, 0.1) is 12.2 Å². The lowest BCUT2D eigenvalue weighted by molar-refractivity contribution is 0.0946. The predicted octanol–water partition coefficient (Wildman–Crippen LogP) is 2.41. The standard InChI is InChI=1S/C12H12BrN3O/c1-8-3-2-4-10(16-8)7-15-12(17)11-5-9(13)6-14-11/h2-6,14H,7H2,1H3,(H,15,17). The fraction of sp³-hybridized carbons (Fsp3) is 0.167. The third-order valence-electron chi connectivity index (χ3n) is 2.27. The number of pyridine rings is 1. The first-order valence-electron chi connectivity index (χ1n) is 5.20. The molecule has 5 heteroatoms. The highest BCUT2D eigenvalue weighted by molar-refractivity contribution is 9.10. The van der Waals surface area contributed by atoms with Gasteiger partial charge in [0.25, 0.3) is 5.91 Å². The minimum atomic E-state index is -0.140. The lowest BCUT2D eigenvalue weighted by Gasteiger charge is -2.03. The van der Waals surface area contributed by atoms with E-state index in [2.05, 4.69) is 31.2 Å². The molecule has 0 unspecified atom stereocenters. The highest BCUT2D eigenvalue weighted by Gasteiger charge is 2.07. The van der Waals surface area contributed by atoms with Gasteiger partial charge in [-0.2, -0.15) is 0 Å². The third-order valence-corrected chi connectivity index (χ3v) is 2.73. The van der Waals surface area contributed by atoms with E-state index in [-0.39, 0.29) is 5.91 Å². The van der Waals surface area contributed by atoms with E-state index >= 15 is 0 Å². The lowest BCUT2D eigenvalue weighted by atomic mass is 10.3. The molecule has 0 aliphatic rings. The van der Waals surface area contributed by atoms with Crippen LogP contribution in [0.15, 0.2) is 34.9 Å². The second kappa shape index (κ2) is 5.14. The molecule has 2 N–H and O–H groups in total. The largest absolute Gasteiger partial charge is 0.356 e. The van der Waals surface area contributed by atoms with Crippen LogP contribution in [-0.4, -0.2) is 15.9 Å². The summed E-state index contributed by atoms with van der Waals surface area (Å²) in [7, 11) is 0. The summed E-state index contributed by atoms with van der Waals surface area (Å²) in [6.07, 6.45) is 1.72. The van der Waals surface area contributed by atoms with E-state index in [0.717, 1.165) is 15.9 Å². The molecule has 1 amide bonds. The molecule has 2 aromatic heterocycles. The zero-order chi connectivity index (χ0) is 12.3. The van der Waals surface area contributed by atoms with Crippen molar-refractivity contribution < 1.29 is 4.79 Å². The number of H-pyrrole nitrogens is 1. The number of nitrogens with zero attached hydrogens (tertiary/aromatic N) is 1. The molecule has 0 saturated carbocycles. The van der Waals surface area contributed by atoms with E-state index in [0.29, 0.717) is 12.2 Å². The zero-order valence-electron chi connectivity index (χ0n) is 9.33. The Balaban J connectivity index is 1.97. The molecular formula is C12H12BrN3O. The van der Waals surface area contributed by atoms with E-state index in [4.69, 9.17) is 0 Å². The van der Waals surface area contributed by atoms with Crippen LogP contribution in [-0.2, 0) is 6.54 Å². The van der Waals surface area contributed by atoms with Crippen LogP contribution in [0.1, 0.15) is 21.9 Å². The van der Waals surface area contributed by atoms with E-state index in [1.165, 1.54) is 0 Å². The summed E-state index contributed by atoms with van der Waals surface area (Å²) >= 11 is 3.28. The average molecular weight is 294 g/mol. The second-order valence-electron chi connectivity index (χ2n) is 3.68. The van der Waals surface area contributed by atoms with Gasteiger partial charge in [0.15, 0.2) is 0 Å². The molecule has 0 atom stereocenters. The van der Waals surface area contributed by atoms with Crippen molar-refractivity contribution in [3.63, 3.8) is 0 Å². The average Bonchev–Trinajstić information content (AvgIpc) is 2.73. The van der Waals surface area contributed by atoms with Gasteiger partial charge in [-0.1, -0.05) is 6.07 Å². The predicted molar refractivity (Wildman–Crippen MR) is 68.6 cm³/mol. The zero-order valence-corrected chi connectivity index (χ0v) is 10.9. The first-order chi connectivity index (χ1) is 8.15. The van der Waals surface area contributed by atoms with Gasteiger partial charge in [0, 0.05) is 16.4 Å². The number of hydrogen-bond acceptors (Lipinski definition) is 2. The van der Waals surface area contributed by atoms with Gasteiger partial charge in [0.1, 0.15) is 5.69 Å². The molecule has 0 fully saturated rings. The van der Waals surface area contributed by atoms with Gasteiger partial charge in [-0.05, 0) is 41.1 Å². The normalized spacial score (nSPS) is 10.2. The number of hydrogen-bond donors (Lipinski definition) is 2. The van der Waals surface area contributed by atoms with Crippen LogP contribution >= 0.6 is 15.9 Å². The Morgan fingerprint density at radius 2 is 2.35 bits per heavy atom. The van der Waals surface area contributed by atoms with Gasteiger partial charge < -0.3 is 10.3 Å². The van der Waals surface area contributed by atoms with Crippen molar-refractivity contribution in [2.75, 3.05) is 0 Å². The summed E-state index contributed by atoms with van der Waals surface area (Å²) in [6.45, 7) is 2.35. The number of rotatable bonds is 3. The summed E-state index contributed by atoms with van der Waals surface area (Å²) in [6, 6.07) is 7.47. The number of aromatic nitrogens is 2. The fourth-order valence-electron chi connectivity index (χ4n) is 1.46. The number of amides is 1. The topological polar surface area (TPSA) is 57.8 Å². The van der Waals surface area contributed by atoms with Crippen LogP contribution in [0.3, 0.4) is 0 Å². The van der Waals surface area contributed by atoms with Crippen LogP contribution in [0, 0.1) is 6.92 Å². The Labute approximate surface area is 108 Å². The molecule has 0 aromatic carbocycles.